The molecule has 6 heteroatoms. The molecule has 3 N–H and O–H groups in total. The molecule has 1 aliphatic heterocycles. The number of rotatable bonds is 3. The second-order valence-electron chi connectivity index (χ2n) is 4.69. The van der Waals surface area contributed by atoms with E-state index >= 15 is 0 Å². The van der Waals surface area contributed by atoms with E-state index in [9.17, 15) is 9.59 Å². The Bertz CT molecular complexity index is 504. The van der Waals surface area contributed by atoms with Crippen LogP contribution >= 0.6 is 0 Å². The van der Waals surface area contributed by atoms with Gasteiger partial charge in [0.25, 0.3) is 0 Å². The van der Waals surface area contributed by atoms with Crippen LogP contribution in [0.25, 0.3) is 0 Å². The van der Waals surface area contributed by atoms with E-state index < -0.39 is 12.0 Å². The Labute approximate surface area is 117 Å². The van der Waals surface area contributed by atoms with Crippen molar-refractivity contribution >= 4 is 17.6 Å². The Kier molecular flexibility index (Phi) is 4.57. The second-order valence-corrected chi connectivity index (χ2v) is 4.69. The summed E-state index contributed by atoms with van der Waals surface area (Å²) in [5, 5.41) is 2.83. The van der Waals surface area contributed by atoms with Gasteiger partial charge in [0.1, 0.15) is 0 Å². The molecule has 20 heavy (non-hydrogen) atoms. The van der Waals surface area contributed by atoms with Crippen molar-refractivity contribution in [2.75, 3.05) is 25.0 Å². The third-order valence-electron chi connectivity index (χ3n) is 3.26. The lowest BCUT2D eigenvalue weighted by Gasteiger charge is -2.31. The van der Waals surface area contributed by atoms with Gasteiger partial charge < -0.3 is 20.7 Å². The van der Waals surface area contributed by atoms with Crippen LogP contribution in [0, 0.1) is 0 Å². The number of anilines is 1. The van der Waals surface area contributed by atoms with Gasteiger partial charge in [0.05, 0.1) is 13.2 Å². The van der Waals surface area contributed by atoms with Crippen LogP contribution in [0.3, 0.4) is 0 Å². The van der Waals surface area contributed by atoms with Crippen molar-refractivity contribution in [3.05, 3.63) is 29.8 Å². The Morgan fingerprint density at radius 1 is 1.50 bits per heavy atom. The summed E-state index contributed by atoms with van der Waals surface area (Å²) in [6.45, 7) is 3.01. The van der Waals surface area contributed by atoms with Crippen molar-refractivity contribution in [2.24, 2.45) is 5.73 Å². The molecular weight excluding hydrogens is 258 g/mol. The van der Waals surface area contributed by atoms with E-state index in [0.29, 0.717) is 13.2 Å². The first-order valence-corrected chi connectivity index (χ1v) is 6.66. The van der Waals surface area contributed by atoms with Gasteiger partial charge in [-0.2, -0.15) is 0 Å². The van der Waals surface area contributed by atoms with E-state index in [0.717, 1.165) is 17.7 Å². The Hall–Kier alpha value is -2.08. The van der Waals surface area contributed by atoms with Gasteiger partial charge in [-0.05, 0) is 24.1 Å². The summed E-state index contributed by atoms with van der Waals surface area (Å²) in [5.74, 6) is -0.546. The lowest BCUT2D eigenvalue weighted by atomic mass is 10.1. The Balaban J connectivity index is 1.98. The maximum Gasteiger partial charge on any atom is 0.322 e. The molecule has 108 valence electrons. The molecule has 1 fully saturated rings. The van der Waals surface area contributed by atoms with E-state index in [1.54, 1.807) is 0 Å². The molecule has 0 unspecified atom stereocenters. The van der Waals surface area contributed by atoms with Crippen LogP contribution in [0.1, 0.15) is 12.5 Å². The minimum Gasteiger partial charge on any atom is -0.367 e. The summed E-state index contributed by atoms with van der Waals surface area (Å²) in [6.07, 6.45) is 0.182. The number of carbonyl (C=O) groups excluding carboxylic acids is 2. The number of morpholine rings is 1. The quantitative estimate of drug-likeness (QED) is 0.863. The van der Waals surface area contributed by atoms with Crippen molar-refractivity contribution in [1.29, 1.82) is 0 Å². The number of nitrogens with zero attached hydrogens (tertiary/aromatic N) is 1. The van der Waals surface area contributed by atoms with Crippen LogP contribution in [-0.4, -0.2) is 42.6 Å². The highest BCUT2D eigenvalue weighted by molar-refractivity contribution is 5.90. The summed E-state index contributed by atoms with van der Waals surface area (Å²) in [7, 11) is 0. The predicted molar refractivity (Wildman–Crippen MR) is 75.3 cm³/mol. The van der Waals surface area contributed by atoms with Gasteiger partial charge in [0, 0.05) is 12.2 Å². The Morgan fingerprint density at radius 3 is 3.00 bits per heavy atom. The average Bonchev–Trinajstić information content (AvgIpc) is 2.47. The molecule has 0 spiro atoms. The molecule has 1 aromatic rings. The Morgan fingerprint density at radius 2 is 2.30 bits per heavy atom. The number of benzene rings is 1. The predicted octanol–water partition coefficient (Wildman–Crippen LogP) is 0.967. The molecule has 6 nitrogen and oxygen atoms in total. The SMILES string of the molecule is CCc1cccc(NC(=O)N2CCO[C@@H](C(N)=O)C2)c1. The highest BCUT2D eigenvalue weighted by Gasteiger charge is 2.27. The number of carbonyl (C=O) groups is 2. The first-order chi connectivity index (χ1) is 9.60. The monoisotopic (exact) mass is 277 g/mol. The normalized spacial score (nSPS) is 18.6. The van der Waals surface area contributed by atoms with E-state index in [1.807, 2.05) is 24.3 Å². The van der Waals surface area contributed by atoms with Gasteiger partial charge in [-0.25, -0.2) is 4.79 Å². The first-order valence-electron chi connectivity index (χ1n) is 6.66. The van der Waals surface area contributed by atoms with Crippen molar-refractivity contribution in [3.8, 4) is 0 Å². The molecule has 0 radical (unpaired) electrons. The van der Waals surface area contributed by atoms with Crippen molar-refractivity contribution < 1.29 is 14.3 Å². The van der Waals surface area contributed by atoms with Crippen molar-refractivity contribution in [2.45, 2.75) is 19.4 Å². The number of ether oxygens (including phenoxy) is 1. The molecule has 1 aliphatic rings. The molecule has 0 aromatic heterocycles. The summed E-state index contributed by atoms with van der Waals surface area (Å²) < 4.78 is 5.21. The van der Waals surface area contributed by atoms with Crippen LogP contribution in [0.2, 0.25) is 0 Å². The zero-order chi connectivity index (χ0) is 14.5. The molecule has 2 rings (SSSR count). The molecule has 3 amide bonds. The van der Waals surface area contributed by atoms with Crippen LogP contribution in [0.4, 0.5) is 10.5 Å². The topological polar surface area (TPSA) is 84.7 Å². The van der Waals surface area contributed by atoms with E-state index in [2.05, 4.69) is 12.2 Å². The fraction of sp³-hybridized carbons (Fsp3) is 0.429. The number of hydrogen-bond donors (Lipinski definition) is 2. The maximum atomic E-state index is 12.1. The molecule has 0 bridgehead atoms. The smallest absolute Gasteiger partial charge is 0.322 e. The summed E-state index contributed by atoms with van der Waals surface area (Å²) in [4.78, 5) is 24.8. The van der Waals surface area contributed by atoms with Gasteiger partial charge in [-0.3, -0.25) is 4.79 Å². The summed E-state index contributed by atoms with van der Waals surface area (Å²) in [6, 6.07) is 7.44. The zero-order valence-corrected chi connectivity index (χ0v) is 11.5. The largest absolute Gasteiger partial charge is 0.367 e. The third kappa shape index (κ3) is 3.48. The number of urea groups is 1. The standard InChI is InChI=1S/C14H19N3O3/c1-2-10-4-3-5-11(8-10)16-14(19)17-6-7-20-12(9-17)13(15)18/h3-5,8,12H,2,6-7,9H2,1H3,(H2,15,18)(H,16,19)/t12-/m1/s1. The molecule has 1 heterocycles. The average molecular weight is 277 g/mol. The van der Waals surface area contributed by atoms with Crippen molar-refractivity contribution in [3.63, 3.8) is 0 Å². The summed E-state index contributed by atoms with van der Waals surface area (Å²) in [5.41, 5.74) is 7.10. The highest BCUT2D eigenvalue weighted by atomic mass is 16.5. The van der Waals surface area contributed by atoms with Crippen LogP contribution < -0.4 is 11.1 Å². The number of amides is 3. The minimum atomic E-state index is -0.725. The number of hydrogen-bond acceptors (Lipinski definition) is 3. The lowest BCUT2D eigenvalue weighted by molar-refractivity contribution is -0.133. The first kappa shape index (κ1) is 14.3. The van der Waals surface area contributed by atoms with Crippen LogP contribution in [-0.2, 0) is 16.0 Å². The number of nitrogens with one attached hydrogen (secondary N) is 1. The maximum absolute atomic E-state index is 12.1. The molecule has 1 saturated heterocycles. The van der Waals surface area contributed by atoms with E-state index in [4.69, 9.17) is 10.5 Å². The van der Waals surface area contributed by atoms with Gasteiger partial charge in [0.15, 0.2) is 6.10 Å². The number of nitrogens with two attached hydrogens (primary N) is 1. The van der Waals surface area contributed by atoms with Crippen LogP contribution in [0.5, 0.6) is 0 Å². The second kappa shape index (κ2) is 6.38. The molecule has 1 aromatic carbocycles. The molecule has 0 aliphatic carbocycles. The van der Waals surface area contributed by atoms with Gasteiger partial charge in [-0.15, -0.1) is 0 Å². The number of aryl methyl sites for hydroxylation is 1. The zero-order valence-electron chi connectivity index (χ0n) is 11.5. The molecule has 0 saturated carbocycles. The number of primary amides is 1. The molecule has 1 atom stereocenters. The lowest BCUT2D eigenvalue weighted by Crippen LogP contribution is -2.51. The van der Waals surface area contributed by atoms with E-state index in [-0.39, 0.29) is 12.6 Å². The minimum absolute atomic E-state index is 0.189. The van der Waals surface area contributed by atoms with Crippen molar-refractivity contribution in [1.82, 2.24) is 4.90 Å². The highest BCUT2D eigenvalue weighted by Crippen LogP contribution is 2.13. The van der Waals surface area contributed by atoms with Gasteiger partial charge in [-0.1, -0.05) is 19.1 Å². The fourth-order valence-electron chi connectivity index (χ4n) is 2.08. The van der Waals surface area contributed by atoms with Gasteiger partial charge in [0.2, 0.25) is 5.91 Å². The third-order valence-corrected chi connectivity index (χ3v) is 3.26. The van der Waals surface area contributed by atoms with Crippen LogP contribution in [0.15, 0.2) is 24.3 Å². The van der Waals surface area contributed by atoms with Gasteiger partial charge >= 0.3 is 6.03 Å². The fourth-order valence-corrected chi connectivity index (χ4v) is 2.08. The summed E-state index contributed by atoms with van der Waals surface area (Å²) >= 11 is 0. The van der Waals surface area contributed by atoms with E-state index in [1.165, 1.54) is 4.90 Å². The molecular formula is C14H19N3O3.